The van der Waals surface area contributed by atoms with Crippen molar-refractivity contribution in [1.82, 2.24) is 4.90 Å². The van der Waals surface area contributed by atoms with Crippen LogP contribution in [0, 0.1) is 17.2 Å². The van der Waals surface area contributed by atoms with Crippen molar-refractivity contribution in [2.75, 3.05) is 13.1 Å². The minimum absolute atomic E-state index is 0.764. The van der Waals surface area contributed by atoms with E-state index in [4.69, 9.17) is 5.41 Å². The molecule has 0 saturated carbocycles. The number of likely N-dealkylation sites (tertiary alicyclic amines) is 1. The smallest absolute Gasteiger partial charge is 0.0955 e. The summed E-state index contributed by atoms with van der Waals surface area (Å²) in [6.45, 7) is 8.82. The summed E-state index contributed by atoms with van der Waals surface area (Å²) in [6.07, 6.45) is 2.20. The number of amidine groups is 1. The first-order valence-corrected chi connectivity index (χ1v) is 4.95. The van der Waals surface area contributed by atoms with E-state index >= 15 is 0 Å². The molecule has 1 N–H and O–H groups in total. The third-order valence-electron chi connectivity index (χ3n) is 2.59. The zero-order valence-electron chi connectivity index (χ0n) is 8.43. The Morgan fingerprint density at radius 2 is 1.83 bits per heavy atom. The molecule has 0 aliphatic carbocycles. The Kier molecular flexibility index (Phi) is 3.12. The molecule has 1 aliphatic heterocycles. The number of nitrogens with zero attached hydrogens (tertiary/aromatic N) is 1. The van der Waals surface area contributed by atoms with Crippen LogP contribution in [-0.2, 0) is 0 Å². The SMILES string of the molecule is CCC(=N)N1CC(C)CC(C)C1. The van der Waals surface area contributed by atoms with Crippen LogP contribution in [0.1, 0.15) is 33.6 Å². The van der Waals surface area contributed by atoms with Crippen LogP contribution in [0.3, 0.4) is 0 Å². The number of rotatable bonds is 1. The van der Waals surface area contributed by atoms with Gasteiger partial charge in [0, 0.05) is 19.5 Å². The van der Waals surface area contributed by atoms with Crippen molar-refractivity contribution in [3.8, 4) is 0 Å². The van der Waals surface area contributed by atoms with Gasteiger partial charge in [-0.15, -0.1) is 0 Å². The van der Waals surface area contributed by atoms with Crippen molar-refractivity contribution in [1.29, 1.82) is 5.41 Å². The van der Waals surface area contributed by atoms with E-state index in [-0.39, 0.29) is 0 Å². The van der Waals surface area contributed by atoms with E-state index in [1.165, 1.54) is 6.42 Å². The number of hydrogen-bond donors (Lipinski definition) is 1. The zero-order chi connectivity index (χ0) is 9.14. The maximum Gasteiger partial charge on any atom is 0.0955 e. The van der Waals surface area contributed by atoms with E-state index in [0.717, 1.165) is 37.2 Å². The van der Waals surface area contributed by atoms with Crippen molar-refractivity contribution >= 4 is 5.84 Å². The lowest BCUT2D eigenvalue weighted by Crippen LogP contribution is -2.41. The Bertz CT molecular complexity index is 155. The molecule has 1 saturated heterocycles. The predicted octanol–water partition coefficient (Wildman–Crippen LogP) is 2.35. The fraction of sp³-hybridized carbons (Fsp3) is 0.900. The third kappa shape index (κ3) is 2.23. The molecule has 0 aromatic heterocycles. The van der Waals surface area contributed by atoms with Crippen LogP contribution in [0.2, 0.25) is 0 Å². The van der Waals surface area contributed by atoms with E-state index < -0.39 is 0 Å². The van der Waals surface area contributed by atoms with Gasteiger partial charge in [-0.05, 0) is 18.3 Å². The molecular weight excluding hydrogens is 148 g/mol. The maximum absolute atomic E-state index is 7.74. The molecule has 1 rings (SSSR count). The van der Waals surface area contributed by atoms with Crippen molar-refractivity contribution in [3.05, 3.63) is 0 Å². The summed E-state index contributed by atoms with van der Waals surface area (Å²) in [6, 6.07) is 0. The van der Waals surface area contributed by atoms with Gasteiger partial charge < -0.3 is 4.90 Å². The maximum atomic E-state index is 7.74. The molecule has 2 nitrogen and oxygen atoms in total. The number of hydrogen-bond acceptors (Lipinski definition) is 1. The normalized spacial score (nSPS) is 30.4. The molecule has 70 valence electrons. The van der Waals surface area contributed by atoms with E-state index in [0.29, 0.717) is 0 Å². The van der Waals surface area contributed by atoms with Crippen LogP contribution in [-0.4, -0.2) is 23.8 Å². The van der Waals surface area contributed by atoms with E-state index in [2.05, 4.69) is 25.7 Å². The fourth-order valence-electron chi connectivity index (χ4n) is 2.11. The molecule has 0 amide bonds. The molecule has 1 aliphatic rings. The Balaban J connectivity index is 2.49. The molecule has 2 unspecified atom stereocenters. The molecular formula is C10H20N2. The standard InChI is InChI=1S/C10H20N2/c1-4-10(11)12-6-8(2)5-9(3)7-12/h8-9,11H,4-7H2,1-3H3. The molecule has 1 fully saturated rings. The summed E-state index contributed by atoms with van der Waals surface area (Å²) in [4.78, 5) is 2.23. The highest BCUT2D eigenvalue weighted by Crippen LogP contribution is 2.21. The van der Waals surface area contributed by atoms with Gasteiger partial charge in [0.15, 0.2) is 0 Å². The average molecular weight is 168 g/mol. The van der Waals surface area contributed by atoms with Crippen molar-refractivity contribution in [2.45, 2.75) is 33.6 Å². The fourth-order valence-corrected chi connectivity index (χ4v) is 2.11. The van der Waals surface area contributed by atoms with Crippen molar-refractivity contribution in [2.24, 2.45) is 11.8 Å². The Morgan fingerprint density at radius 3 is 2.25 bits per heavy atom. The Hall–Kier alpha value is -0.530. The summed E-state index contributed by atoms with van der Waals surface area (Å²) >= 11 is 0. The minimum Gasteiger partial charge on any atom is -0.360 e. The van der Waals surface area contributed by atoms with Gasteiger partial charge in [0.2, 0.25) is 0 Å². The second-order valence-corrected chi connectivity index (χ2v) is 4.15. The summed E-state index contributed by atoms with van der Waals surface area (Å²) in [7, 11) is 0. The first kappa shape index (κ1) is 9.56. The van der Waals surface area contributed by atoms with E-state index in [1.54, 1.807) is 0 Å². The highest BCUT2D eigenvalue weighted by molar-refractivity contribution is 5.78. The molecule has 0 radical (unpaired) electrons. The summed E-state index contributed by atoms with van der Waals surface area (Å²) in [5.74, 6) is 2.34. The largest absolute Gasteiger partial charge is 0.360 e. The van der Waals surface area contributed by atoms with Crippen LogP contribution >= 0.6 is 0 Å². The van der Waals surface area contributed by atoms with Crippen LogP contribution in [0.15, 0.2) is 0 Å². The Morgan fingerprint density at radius 1 is 1.33 bits per heavy atom. The number of nitrogens with one attached hydrogen (secondary N) is 1. The topological polar surface area (TPSA) is 27.1 Å². The molecule has 0 aromatic rings. The summed E-state index contributed by atoms with van der Waals surface area (Å²) in [5.41, 5.74) is 0. The van der Waals surface area contributed by atoms with Gasteiger partial charge in [0.05, 0.1) is 5.84 Å². The van der Waals surface area contributed by atoms with Crippen LogP contribution in [0.25, 0.3) is 0 Å². The van der Waals surface area contributed by atoms with Gasteiger partial charge in [0.1, 0.15) is 0 Å². The van der Waals surface area contributed by atoms with Gasteiger partial charge >= 0.3 is 0 Å². The quantitative estimate of drug-likeness (QED) is 0.472. The highest BCUT2D eigenvalue weighted by atomic mass is 15.2. The van der Waals surface area contributed by atoms with E-state index in [1.807, 2.05) is 0 Å². The number of piperidine rings is 1. The lowest BCUT2D eigenvalue weighted by Gasteiger charge is -2.36. The van der Waals surface area contributed by atoms with Crippen molar-refractivity contribution < 1.29 is 0 Å². The zero-order valence-corrected chi connectivity index (χ0v) is 8.43. The summed E-state index contributed by atoms with van der Waals surface area (Å²) < 4.78 is 0. The van der Waals surface area contributed by atoms with Crippen LogP contribution in [0.5, 0.6) is 0 Å². The van der Waals surface area contributed by atoms with Gasteiger partial charge in [0.25, 0.3) is 0 Å². The van der Waals surface area contributed by atoms with Crippen molar-refractivity contribution in [3.63, 3.8) is 0 Å². The Labute approximate surface area is 75.5 Å². The van der Waals surface area contributed by atoms with E-state index in [9.17, 15) is 0 Å². The average Bonchev–Trinajstić information content (AvgIpc) is 2.01. The molecule has 0 aromatic carbocycles. The second-order valence-electron chi connectivity index (χ2n) is 4.15. The second kappa shape index (κ2) is 3.92. The molecule has 2 atom stereocenters. The first-order valence-electron chi connectivity index (χ1n) is 4.95. The minimum atomic E-state index is 0.764. The highest BCUT2D eigenvalue weighted by Gasteiger charge is 2.22. The molecule has 12 heavy (non-hydrogen) atoms. The predicted molar refractivity (Wildman–Crippen MR) is 52.5 cm³/mol. The molecule has 0 bridgehead atoms. The monoisotopic (exact) mass is 168 g/mol. The van der Waals surface area contributed by atoms with Gasteiger partial charge in [-0.2, -0.15) is 0 Å². The van der Waals surface area contributed by atoms with Crippen LogP contribution in [0.4, 0.5) is 0 Å². The lowest BCUT2D eigenvalue weighted by atomic mass is 9.92. The molecule has 1 heterocycles. The van der Waals surface area contributed by atoms with Gasteiger partial charge in [-0.3, -0.25) is 5.41 Å². The first-order chi connectivity index (χ1) is 5.63. The lowest BCUT2D eigenvalue weighted by molar-refractivity contribution is 0.210. The third-order valence-corrected chi connectivity index (χ3v) is 2.59. The van der Waals surface area contributed by atoms with Crippen LogP contribution < -0.4 is 0 Å². The molecule has 2 heteroatoms. The van der Waals surface area contributed by atoms with Gasteiger partial charge in [-0.25, -0.2) is 0 Å². The molecule has 0 spiro atoms. The van der Waals surface area contributed by atoms with Gasteiger partial charge in [-0.1, -0.05) is 20.8 Å². The summed E-state index contributed by atoms with van der Waals surface area (Å²) in [5, 5.41) is 7.74.